The number of alkyl halides is 4. The average Bonchev–Trinajstić information content (AvgIpc) is 2.39. The molecule has 0 aliphatic heterocycles. The van der Waals surface area contributed by atoms with Gasteiger partial charge in [0.05, 0.1) is 6.61 Å². The van der Waals surface area contributed by atoms with Gasteiger partial charge in [-0.25, -0.2) is 4.79 Å². The van der Waals surface area contributed by atoms with Crippen molar-refractivity contribution in [3.8, 4) is 5.75 Å². The van der Waals surface area contributed by atoms with Crippen LogP contribution in [-0.4, -0.2) is 24.9 Å². The van der Waals surface area contributed by atoms with E-state index in [-0.39, 0.29) is 12.4 Å². The highest BCUT2D eigenvalue weighted by atomic mass is 35.5. The summed E-state index contributed by atoms with van der Waals surface area (Å²) in [6.07, 6.45) is -2.98. The number of carbonyl (C=O) groups is 1. The Morgan fingerprint density at radius 3 is 2.38 bits per heavy atom. The number of ether oxygens (including phenoxy) is 2. The molecule has 0 fully saturated rings. The second-order valence-electron chi connectivity index (χ2n) is 4.08. The third kappa shape index (κ3) is 8.29. The van der Waals surface area contributed by atoms with Gasteiger partial charge in [-0.05, 0) is 43.5 Å². The zero-order valence-electron chi connectivity index (χ0n) is 11.1. The maximum absolute atomic E-state index is 12.0. The predicted molar refractivity (Wildman–Crippen MR) is 72.7 cm³/mol. The van der Waals surface area contributed by atoms with Crippen molar-refractivity contribution in [1.29, 1.82) is 0 Å². The lowest BCUT2D eigenvalue weighted by atomic mass is 10.3. The van der Waals surface area contributed by atoms with E-state index in [4.69, 9.17) is 16.3 Å². The third-order valence-corrected chi connectivity index (χ3v) is 2.61. The van der Waals surface area contributed by atoms with E-state index in [1.165, 1.54) is 12.1 Å². The van der Waals surface area contributed by atoms with Gasteiger partial charge in [-0.15, -0.1) is 24.8 Å². The van der Waals surface area contributed by atoms with E-state index in [2.05, 4.69) is 10.1 Å². The smallest absolute Gasteiger partial charge is 0.449 e. The minimum Gasteiger partial charge on any atom is -0.449 e. The molecule has 0 saturated carbocycles. The number of hydrogen-bond donors (Lipinski definition) is 1. The Morgan fingerprint density at radius 2 is 1.81 bits per heavy atom. The number of nitrogens with one attached hydrogen (secondary N) is 1. The quantitative estimate of drug-likeness (QED) is 0.591. The molecular formula is C13H15ClF3NO3. The molecule has 0 aromatic heterocycles. The van der Waals surface area contributed by atoms with E-state index in [0.29, 0.717) is 18.0 Å². The molecule has 1 aromatic rings. The maximum atomic E-state index is 12.0. The Labute approximate surface area is 125 Å². The number of unbranched alkanes of at least 4 members (excludes halogenated alkanes) is 2. The lowest BCUT2D eigenvalue weighted by Gasteiger charge is -2.10. The number of rotatable bonds is 7. The molecule has 21 heavy (non-hydrogen) atoms. The predicted octanol–water partition coefficient (Wildman–Crippen LogP) is 4.54. The van der Waals surface area contributed by atoms with Crippen LogP contribution in [0.5, 0.6) is 5.75 Å². The minimum atomic E-state index is -4.74. The van der Waals surface area contributed by atoms with Crippen molar-refractivity contribution in [1.82, 2.24) is 0 Å². The van der Waals surface area contributed by atoms with E-state index in [1.54, 1.807) is 0 Å². The largest absolute Gasteiger partial charge is 0.573 e. The van der Waals surface area contributed by atoms with Crippen molar-refractivity contribution in [2.45, 2.75) is 25.6 Å². The topological polar surface area (TPSA) is 47.6 Å². The molecule has 1 aromatic carbocycles. The summed E-state index contributed by atoms with van der Waals surface area (Å²) in [5.74, 6) is 0.209. The van der Waals surface area contributed by atoms with Gasteiger partial charge in [0, 0.05) is 11.6 Å². The SMILES string of the molecule is O=C(Nc1ccc(OC(F)(F)F)cc1)OCCCCCCl. The van der Waals surface area contributed by atoms with Crippen LogP contribution in [0.4, 0.5) is 23.7 Å². The van der Waals surface area contributed by atoms with E-state index in [0.717, 1.165) is 25.0 Å². The van der Waals surface area contributed by atoms with Gasteiger partial charge in [0.1, 0.15) is 5.75 Å². The number of benzene rings is 1. The summed E-state index contributed by atoms with van der Waals surface area (Å²) in [4.78, 5) is 11.4. The molecule has 8 heteroatoms. The molecule has 0 saturated heterocycles. The number of hydrogen-bond acceptors (Lipinski definition) is 3. The first-order chi connectivity index (χ1) is 9.90. The van der Waals surface area contributed by atoms with Gasteiger partial charge in [-0.2, -0.15) is 0 Å². The van der Waals surface area contributed by atoms with Crippen LogP contribution in [0, 0.1) is 0 Å². The Balaban J connectivity index is 2.33. The van der Waals surface area contributed by atoms with Gasteiger partial charge in [-0.1, -0.05) is 0 Å². The van der Waals surface area contributed by atoms with Gasteiger partial charge < -0.3 is 9.47 Å². The van der Waals surface area contributed by atoms with E-state index < -0.39 is 12.5 Å². The third-order valence-electron chi connectivity index (χ3n) is 2.35. The van der Waals surface area contributed by atoms with Gasteiger partial charge in [-0.3, -0.25) is 5.32 Å². The van der Waals surface area contributed by atoms with Gasteiger partial charge >= 0.3 is 12.5 Å². The van der Waals surface area contributed by atoms with E-state index >= 15 is 0 Å². The molecule has 0 unspecified atom stereocenters. The van der Waals surface area contributed by atoms with Crippen molar-refractivity contribution in [3.63, 3.8) is 0 Å². The molecular weight excluding hydrogens is 311 g/mol. The molecule has 0 radical (unpaired) electrons. The van der Waals surface area contributed by atoms with Crippen LogP contribution in [0.3, 0.4) is 0 Å². The molecule has 0 spiro atoms. The van der Waals surface area contributed by atoms with Crippen molar-refractivity contribution in [2.75, 3.05) is 17.8 Å². The Kier molecular flexibility index (Phi) is 7.14. The van der Waals surface area contributed by atoms with Crippen LogP contribution >= 0.6 is 11.6 Å². The fourth-order valence-corrected chi connectivity index (χ4v) is 1.62. The van der Waals surface area contributed by atoms with Crippen LogP contribution in [-0.2, 0) is 4.74 Å². The molecule has 1 N–H and O–H groups in total. The Hall–Kier alpha value is -1.63. The van der Waals surface area contributed by atoms with E-state index in [1.807, 2.05) is 0 Å². The fourth-order valence-electron chi connectivity index (χ4n) is 1.43. The molecule has 0 aliphatic carbocycles. The monoisotopic (exact) mass is 325 g/mol. The van der Waals surface area contributed by atoms with Crippen LogP contribution in [0.2, 0.25) is 0 Å². The van der Waals surface area contributed by atoms with Crippen LogP contribution in [0.1, 0.15) is 19.3 Å². The standard InChI is InChI=1S/C13H15ClF3NO3/c14-8-2-1-3-9-20-12(19)18-10-4-6-11(7-5-10)21-13(15,16)17/h4-7H,1-3,8-9H2,(H,18,19). The van der Waals surface area contributed by atoms with Crippen molar-refractivity contribution < 1.29 is 27.4 Å². The lowest BCUT2D eigenvalue weighted by Crippen LogP contribution is -2.17. The summed E-state index contributed by atoms with van der Waals surface area (Å²) in [6.45, 7) is 0.262. The maximum Gasteiger partial charge on any atom is 0.573 e. The number of amides is 1. The highest BCUT2D eigenvalue weighted by Crippen LogP contribution is 2.23. The summed E-state index contributed by atoms with van der Waals surface area (Å²) in [5, 5.41) is 2.40. The van der Waals surface area contributed by atoms with Crippen LogP contribution in [0.25, 0.3) is 0 Å². The fraction of sp³-hybridized carbons (Fsp3) is 0.462. The molecule has 118 valence electrons. The van der Waals surface area contributed by atoms with Crippen molar-refractivity contribution >= 4 is 23.4 Å². The van der Waals surface area contributed by atoms with Gasteiger partial charge in [0.25, 0.3) is 0 Å². The molecule has 1 rings (SSSR count). The molecule has 0 bridgehead atoms. The summed E-state index contributed by atoms with van der Waals surface area (Å²) < 4.78 is 44.5. The summed E-state index contributed by atoms with van der Waals surface area (Å²) in [7, 11) is 0. The summed E-state index contributed by atoms with van der Waals surface area (Å²) in [5.41, 5.74) is 0.315. The van der Waals surface area contributed by atoms with Crippen LogP contribution in [0.15, 0.2) is 24.3 Å². The first kappa shape index (κ1) is 17.4. The van der Waals surface area contributed by atoms with Crippen molar-refractivity contribution in [2.24, 2.45) is 0 Å². The van der Waals surface area contributed by atoms with Gasteiger partial charge in [0.2, 0.25) is 0 Å². The van der Waals surface area contributed by atoms with E-state index in [9.17, 15) is 18.0 Å². The Bertz CT molecular complexity index is 437. The first-order valence-electron chi connectivity index (χ1n) is 6.26. The Morgan fingerprint density at radius 1 is 1.14 bits per heavy atom. The highest BCUT2D eigenvalue weighted by Gasteiger charge is 2.30. The second-order valence-corrected chi connectivity index (χ2v) is 4.46. The molecule has 0 heterocycles. The minimum absolute atomic E-state index is 0.262. The number of carbonyl (C=O) groups excluding carboxylic acids is 1. The van der Waals surface area contributed by atoms with Crippen LogP contribution < -0.4 is 10.1 Å². The second kappa shape index (κ2) is 8.61. The molecule has 4 nitrogen and oxygen atoms in total. The molecule has 0 aliphatic rings. The molecule has 0 atom stereocenters. The average molecular weight is 326 g/mol. The highest BCUT2D eigenvalue weighted by molar-refractivity contribution is 6.17. The molecule has 1 amide bonds. The zero-order chi connectivity index (χ0) is 15.7. The number of halogens is 4. The summed E-state index contributed by atoms with van der Waals surface area (Å²) in [6, 6.07) is 4.78. The lowest BCUT2D eigenvalue weighted by molar-refractivity contribution is -0.274. The zero-order valence-corrected chi connectivity index (χ0v) is 11.8. The summed E-state index contributed by atoms with van der Waals surface area (Å²) >= 11 is 5.50. The van der Waals surface area contributed by atoms with Gasteiger partial charge in [0.15, 0.2) is 0 Å². The first-order valence-corrected chi connectivity index (χ1v) is 6.80. The normalized spacial score (nSPS) is 11.0. The van der Waals surface area contributed by atoms with Crippen molar-refractivity contribution in [3.05, 3.63) is 24.3 Å². The number of anilines is 1.